The SMILES string of the molecule is COC(=O)C(O)c1ccc(S(C)(=O)=O)cc1O. The zero-order valence-corrected chi connectivity index (χ0v) is 10.1. The molecule has 6 nitrogen and oxygen atoms in total. The molecule has 0 aliphatic rings. The van der Waals surface area contributed by atoms with E-state index in [4.69, 9.17) is 0 Å². The number of benzene rings is 1. The highest BCUT2D eigenvalue weighted by Gasteiger charge is 2.22. The van der Waals surface area contributed by atoms with E-state index >= 15 is 0 Å². The fourth-order valence-corrected chi connectivity index (χ4v) is 1.86. The molecular weight excluding hydrogens is 248 g/mol. The number of esters is 1. The van der Waals surface area contributed by atoms with Crippen molar-refractivity contribution in [2.45, 2.75) is 11.0 Å². The summed E-state index contributed by atoms with van der Waals surface area (Å²) in [5.74, 6) is -1.42. The van der Waals surface area contributed by atoms with Gasteiger partial charge in [-0.1, -0.05) is 6.07 Å². The van der Waals surface area contributed by atoms with E-state index in [9.17, 15) is 23.4 Å². The second-order valence-corrected chi connectivity index (χ2v) is 5.43. The molecule has 0 fully saturated rings. The summed E-state index contributed by atoms with van der Waals surface area (Å²) in [6.45, 7) is 0. The maximum Gasteiger partial charge on any atom is 0.339 e. The molecule has 1 aromatic rings. The molecule has 7 heteroatoms. The average molecular weight is 260 g/mol. The number of hydrogen-bond donors (Lipinski definition) is 2. The summed E-state index contributed by atoms with van der Waals surface area (Å²) in [7, 11) is -2.36. The van der Waals surface area contributed by atoms with Crippen LogP contribution in [0.2, 0.25) is 0 Å². The van der Waals surface area contributed by atoms with Gasteiger partial charge in [0.15, 0.2) is 15.9 Å². The molecular formula is C10H12O6S. The van der Waals surface area contributed by atoms with Gasteiger partial charge in [0, 0.05) is 11.8 Å². The zero-order chi connectivity index (χ0) is 13.2. The van der Waals surface area contributed by atoms with Crippen molar-refractivity contribution in [3.8, 4) is 5.75 Å². The van der Waals surface area contributed by atoms with Crippen LogP contribution in [-0.4, -0.2) is 38.0 Å². The van der Waals surface area contributed by atoms with Gasteiger partial charge in [0.05, 0.1) is 12.0 Å². The molecule has 0 amide bonds. The molecule has 0 radical (unpaired) electrons. The van der Waals surface area contributed by atoms with E-state index in [0.29, 0.717) is 0 Å². The molecule has 94 valence electrons. The molecule has 0 aromatic heterocycles. The highest BCUT2D eigenvalue weighted by atomic mass is 32.2. The van der Waals surface area contributed by atoms with Gasteiger partial charge in [0.25, 0.3) is 0 Å². The normalized spacial score (nSPS) is 13.1. The summed E-state index contributed by atoms with van der Waals surface area (Å²) >= 11 is 0. The van der Waals surface area contributed by atoms with Crippen molar-refractivity contribution in [3.63, 3.8) is 0 Å². The number of phenolic OH excluding ortho intramolecular Hbond substituents is 1. The minimum absolute atomic E-state index is 0.101. The van der Waals surface area contributed by atoms with Gasteiger partial charge in [-0.25, -0.2) is 13.2 Å². The van der Waals surface area contributed by atoms with Gasteiger partial charge in [-0.2, -0.15) is 0 Å². The highest BCUT2D eigenvalue weighted by Crippen LogP contribution is 2.27. The largest absolute Gasteiger partial charge is 0.508 e. The topological polar surface area (TPSA) is 101 Å². The van der Waals surface area contributed by atoms with E-state index in [1.165, 1.54) is 6.07 Å². The van der Waals surface area contributed by atoms with Crippen LogP contribution in [0.3, 0.4) is 0 Å². The first-order chi connectivity index (χ1) is 7.77. The molecule has 0 saturated heterocycles. The third-order valence-electron chi connectivity index (χ3n) is 2.15. The predicted octanol–water partition coefficient (Wildman–Crippen LogP) is 0.00210. The number of carbonyl (C=O) groups is 1. The first-order valence-electron chi connectivity index (χ1n) is 4.56. The minimum atomic E-state index is -3.45. The summed E-state index contributed by atoms with van der Waals surface area (Å²) in [5.41, 5.74) is -0.107. The van der Waals surface area contributed by atoms with E-state index in [-0.39, 0.29) is 10.5 Å². The average Bonchev–Trinajstić information content (AvgIpc) is 2.25. The van der Waals surface area contributed by atoms with Crippen molar-refractivity contribution in [1.29, 1.82) is 0 Å². The molecule has 1 atom stereocenters. The smallest absolute Gasteiger partial charge is 0.339 e. The standard InChI is InChI=1S/C10H12O6S/c1-16-10(13)9(12)7-4-3-6(5-8(7)11)17(2,14)15/h3-5,9,11-12H,1-2H3. The van der Waals surface area contributed by atoms with Gasteiger partial charge >= 0.3 is 5.97 Å². The van der Waals surface area contributed by atoms with Crippen LogP contribution in [0.4, 0.5) is 0 Å². The fraction of sp³-hybridized carbons (Fsp3) is 0.300. The Kier molecular flexibility index (Phi) is 3.74. The van der Waals surface area contributed by atoms with Crippen molar-refractivity contribution >= 4 is 15.8 Å². The molecule has 1 rings (SSSR count). The third kappa shape index (κ3) is 2.95. The summed E-state index contributed by atoms with van der Waals surface area (Å²) < 4.78 is 26.7. The number of aliphatic hydroxyl groups is 1. The maximum absolute atomic E-state index is 11.2. The molecule has 0 aliphatic heterocycles. The Morgan fingerprint density at radius 1 is 1.41 bits per heavy atom. The molecule has 0 aliphatic carbocycles. The second-order valence-electron chi connectivity index (χ2n) is 3.42. The molecule has 0 spiro atoms. The van der Waals surface area contributed by atoms with Gasteiger partial charge in [-0.3, -0.25) is 0 Å². The number of phenols is 1. The van der Waals surface area contributed by atoms with Crippen LogP contribution >= 0.6 is 0 Å². The molecule has 0 heterocycles. The van der Waals surface area contributed by atoms with Gasteiger partial charge in [-0.05, 0) is 12.1 Å². The number of rotatable bonds is 3. The fourth-order valence-electron chi connectivity index (χ4n) is 1.22. The van der Waals surface area contributed by atoms with Crippen LogP contribution in [0.25, 0.3) is 0 Å². The Balaban J connectivity index is 3.19. The van der Waals surface area contributed by atoms with Crippen molar-refractivity contribution in [1.82, 2.24) is 0 Å². The van der Waals surface area contributed by atoms with Crippen molar-refractivity contribution in [2.75, 3.05) is 13.4 Å². The number of aliphatic hydroxyl groups excluding tert-OH is 1. The zero-order valence-electron chi connectivity index (χ0n) is 9.25. The molecule has 1 aromatic carbocycles. The monoisotopic (exact) mass is 260 g/mol. The summed E-state index contributed by atoms with van der Waals surface area (Å²) in [5, 5.41) is 19.0. The van der Waals surface area contributed by atoms with E-state index < -0.39 is 27.7 Å². The van der Waals surface area contributed by atoms with E-state index in [1.54, 1.807) is 0 Å². The molecule has 0 saturated carbocycles. The van der Waals surface area contributed by atoms with Crippen molar-refractivity contribution in [2.24, 2.45) is 0 Å². The van der Waals surface area contributed by atoms with Crippen molar-refractivity contribution in [3.05, 3.63) is 23.8 Å². The number of hydrogen-bond acceptors (Lipinski definition) is 6. The molecule has 1 unspecified atom stereocenters. The number of methoxy groups -OCH3 is 1. The molecule has 17 heavy (non-hydrogen) atoms. The highest BCUT2D eigenvalue weighted by molar-refractivity contribution is 7.90. The second kappa shape index (κ2) is 4.72. The Bertz CT molecular complexity index is 534. The lowest BCUT2D eigenvalue weighted by Crippen LogP contribution is -2.13. The Morgan fingerprint density at radius 3 is 2.41 bits per heavy atom. The minimum Gasteiger partial charge on any atom is -0.508 e. The summed E-state index contributed by atoms with van der Waals surface area (Å²) in [4.78, 5) is 10.9. The lowest BCUT2D eigenvalue weighted by atomic mass is 10.1. The van der Waals surface area contributed by atoms with Crippen LogP contribution < -0.4 is 0 Å². The number of aromatic hydroxyl groups is 1. The van der Waals surface area contributed by atoms with Gasteiger partial charge in [-0.15, -0.1) is 0 Å². The number of ether oxygens (including phenoxy) is 1. The number of carbonyl (C=O) groups excluding carboxylic acids is 1. The van der Waals surface area contributed by atoms with Gasteiger partial charge in [0.1, 0.15) is 5.75 Å². The molecule has 0 bridgehead atoms. The maximum atomic E-state index is 11.2. The summed E-state index contributed by atoms with van der Waals surface area (Å²) in [6, 6.07) is 3.32. The first-order valence-corrected chi connectivity index (χ1v) is 6.45. The predicted molar refractivity (Wildman–Crippen MR) is 58.2 cm³/mol. The van der Waals surface area contributed by atoms with Crippen LogP contribution in [0.5, 0.6) is 5.75 Å². The van der Waals surface area contributed by atoms with Gasteiger partial charge in [0.2, 0.25) is 0 Å². The van der Waals surface area contributed by atoms with Gasteiger partial charge < -0.3 is 14.9 Å². The lowest BCUT2D eigenvalue weighted by Gasteiger charge is -2.11. The quantitative estimate of drug-likeness (QED) is 0.742. The Labute approximate surface area is 98.4 Å². The first kappa shape index (κ1) is 13.5. The van der Waals surface area contributed by atoms with Crippen LogP contribution in [-0.2, 0) is 19.4 Å². The summed E-state index contributed by atoms with van der Waals surface area (Å²) in [6.07, 6.45) is -0.660. The van der Waals surface area contributed by atoms with Crippen LogP contribution in [0.15, 0.2) is 23.1 Å². The van der Waals surface area contributed by atoms with E-state index in [0.717, 1.165) is 25.5 Å². The van der Waals surface area contributed by atoms with Crippen LogP contribution in [0, 0.1) is 0 Å². The Morgan fingerprint density at radius 2 is 2.00 bits per heavy atom. The van der Waals surface area contributed by atoms with Crippen molar-refractivity contribution < 1.29 is 28.2 Å². The lowest BCUT2D eigenvalue weighted by molar-refractivity contribution is -0.150. The number of sulfone groups is 1. The third-order valence-corrected chi connectivity index (χ3v) is 3.26. The Hall–Kier alpha value is -1.60. The van der Waals surface area contributed by atoms with E-state index in [2.05, 4.69) is 4.74 Å². The van der Waals surface area contributed by atoms with Crippen LogP contribution in [0.1, 0.15) is 11.7 Å². The van der Waals surface area contributed by atoms with E-state index in [1.807, 2.05) is 0 Å². The molecule has 2 N–H and O–H groups in total.